The highest BCUT2D eigenvalue weighted by Crippen LogP contribution is 2.35. The molecule has 0 unspecified atom stereocenters. The summed E-state index contributed by atoms with van der Waals surface area (Å²) < 4.78 is 5.33. The Morgan fingerprint density at radius 3 is 2.48 bits per heavy atom. The first-order chi connectivity index (χ1) is 12.9. The summed E-state index contributed by atoms with van der Waals surface area (Å²) in [5, 5.41) is 2.76. The third kappa shape index (κ3) is 3.97. The van der Waals surface area contributed by atoms with Crippen molar-refractivity contribution in [1.82, 2.24) is 10.2 Å². The van der Waals surface area contributed by atoms with Gasteiger partial charge in [-0.15, -0.1) is 0 Å². The van der Waals surface area contributed by atoms with Gasteiger partial charge in [0, 0.05) is 25.1 Å². The van der Waals surface area contributed by atoms with E-state index in [0.717, 1.165) is 17.7 Å². The molecule has 1 N–H and O–H groups in total. The van der Waals surface area contributed by atoms with Crippen molar-refractivity contribution >= 4 is 11.8 Å². The van der Waals surface area contributed by atoms with Crippen molar-refractivity contribution in [3.8, 4) is 5.75 Å². The Bertz CT molecular complexity index is 845. The second kappa shape index (κ2) is 7.82. The highest BCUT2D eigenvalue weighted by Gasteiger charge is 2.33. The van der Waals surface area contributed by atoms with Crippen molar-refractivity contribution < 1.29 is 14.3 Å². The molecule has 2 aromatic carbocycles. The number of benzene rings is 2. The first-order valence-electron chi connectivity index (χ1n) is 9.23. The average Bonchev–Trinajstić information content (AvgIpc) is 2.66. The first-order valence-corrected chi connectivity index (χ1v) is 9.23. The molecule has 2 atom stereocenters. The van der Waals surface area contributed by atoms with E-state index in [1.165, 1.54) is 18.1 Å². The number of hydrogen-bond acceptors (Lipinski definition) is 3. The van der Waals surface area contributed by atoms with Crippen LogP contribution in [0.25, 0.3) is 0 Å². The molecule has 0 aromatic heterocycles. The zero-order valence-corrected chi connectivity index (χ0v) is 16.3. The summed E-state index contributed by atoms with van der Waals surface area (Å²) in [5.74, 6) is 0.812. The number of fused-ring (bicyclic) bond motifs is 1. The third-order valence-corrected chi connectivity index (χ3v) is 5.18. The van der Waals surface area contributed by atoms with Crippen molar-refractivity contribution in [2.24, 2.45) is 0 Å². The van der Waals surface area contributed by atoms with Crippen LogP contribution < -0.4 is 10.1 Å². The molecule has 5 heteroatoms. The molecule has 0 saturated heterocycles. The summed E-state index contributed by atoms with van der Waals surface area (Å²) in [4.78, 5) is 26.2. The standard InChI is InChI=1S/C22H26N2O3/c1-14-11-19-12-20(27-4)9-10-21(19)15(2)24(14)22(26)18-7-5-17(6-8-18)13-23-16(3)25/h5-10,12,14-15H,11,13H2,1-4H3,(H,23,25)/t14-,15+/m1/s1. The van der Waals surface area contributed by atoms with Crippen LogP contribution in [0.1, 0.15) is 53.9 Å². The van der Waals surface area contributed by atoms with Gasteiger partial charge in [0.1, 0.15) is 5.75 Å². The number of carbonyl (C=O) groups is 2. The van der Waals surface area contributed by atoms with Crippen LogP contribution in [0.15, 0.2) is 42.5 Å². The van der Waals surface area contributed by atoms with Gasteiger partial charge in [0.2, 0.25) is 5.91 Å². The van der Waals surface area contributed by atoms with E-state index >= 15 is 0 Å². The van der Waals surface area contributed by atoms with Crippen molar-refractivity contribution in [1.29, 1.82) is 0 Å². The van der Waals surface area contributed by atoms with Crippen LogP contribution in [0.4, 0.5) is 0 Å². The van der Waals surface area contributed by atoms with Crippen molar-refractivity contribution in [3.05, 3.63) is 64.7 Å². The molecule has 27 heavy (non-hydrogen) atoms. The van der Waals surface area contributed by atoms with Gasteiger partial charge in [-0.05, 0) is 61.2 Å². The van der Waals surface area contributed by atoms with Gasteiger partial charge in [0.15, 0.2) is 0 Å². The van der Waals surface area contributed by atoms with E-state index in [-0.39, 0.29) is 23.9 Å². The fourth-order valence-corrected chi connectivity index (χ4v) is 3.76. The van der Waals surface area contributed by atoms with E-state index in [1.807, 2.05) is 35.2 Å². The molecule has 3 rings (SSSR count). The van der Waals surface area contributed by atoms with E-state index < -0.39 is 0 Å². The molecule has 1 aliphatic rings. The lowest BCUT2D eigenvalue weighted by Gasteiger charge is -2.40. The third-order valence-electron chi connectivity index (χ3n) is 5.18. The van der Waals surface area contributed by atoms with Gasteiger partial charge < -0.3 is 15.0 Å². The van der Waals surface area contributed by atoms with Gasteiger partial charge in [0.05, 0.1) is 13.2 Å². The van der Waals surface area contributed by atoms with Crippen LogP contribution in [0, 0.1) is 0 Å². The van der Waals surface area contributed by atoms with Gasteiger partial charge in [-0.25, -0.2) is 0 Å². The van der Waals surface area contributed by atoms with Crippen LogP contribution in [0.2, 0.25) is 0 Å². The predicted octanol–water partition coefficient (Wildman–Crippen LogP) is 3.48. The number of carbonyl (C=O) groups excluding carboxylic acids is 2. The Labute approximate surface area is 160 Å². The van der Waals surface area contributed by atoms with Crippen LogP contribution in [0.5, 0.6) is 5.75 Å². The average molecular weight is 366 g/mol. The van der Waals surface area contributed by atoms with Gasteiger partial charge in [-0.3, -0.25) is 9.59 Å². The number of methoxy groups -OCH3 is 1. The minimum atomic E-state index is -0.0681. The highest BCUT2D eigenvalue weighted by molar-refractivity contribution is 5.95. The molecule has 0 radical (unpaired) electrons. The second-order valence-corrected chi connectivity index (χ2v) is 7.11. The van der Waals surface area contributed by atoms with Crippen LogP contribution >= 0.6 is 0 Å². The second-order valence-electron chi connectivity index (χ2n) is 7.11. The van der Waals surface area contributed by atoms with E-state index in [1.54, 1.807) is 7.11 Å². The molecule has 1 heterocycles. The fraction of sp³-hybridized carbons (Fsp3) is 0.364. The van der Waals surface area contributed by atoms with Gasteiger partial charge in [-0.2, -0.15) is 0 Å². The number of nitrogens with zero attached hydrogens (tertiary/aromatic N) is 1. The molecule has 0 fully saturated rings. The van der Waals surface area contributed by atoms with E-state index in [4.69, 9.17) is 4.74 Å². The SMILES string of the molecule is COc1ccc2c(c1)C[C@@H](C)N(C(=O)c1ccc(CNC(C)=O)cc1)[C@H]2C. The quantitative estimate of drug-likeness (QED) is 0.901. The molecule has 2 aromatic rings. The van der Waals surface area contributed by atoms with Crippen LogP contribution in [-0.4, -0.2) is 29.9 Å². The van der Waals surface area contributed by atoms with Gasteiger partial charge >= 0.3 is 0 Å². The monoisotopic (exact) mass is 366 g/mol. The summed E-state index contributed by atoms with van der Waals surface area (Å²) in [6.07, 6.45) is 0.809. The maximum absolute atomic E-state index is 13.2. The minimum Gasteiger partial charge on any atom is -0.497 e. The zero-order chi connectivity index (χ0) is 19.6. The number of amides is 2. The van der Waals surface area contributed by atoms with E-state index in [0.29, 0.717) is 12.1 Å². The lowest BCUT2D eigenvalue weighted by atomic mass is 9.88. The summed E-state index contributed by atoms with van der Waals surface area (Å²) in [7, 11) is 1.67. The molecule has 5 nitrogen and oxygen atoms in total. The largest absolute Gasteiger partial charge is 0.497 e. The molecular formula is C22H26N2O3. The number of ether oxygens (including phenoxy) is 1. The number of nitrogens with one attached hydrogen (secondary N) is 1. The Morgan fingerprint density at radius 2 is 1.85 bits per heavy atom. The summed E-state index contributed by atoms with van der Waals surface area (Å²) in [6, 6.07) is 13.6. The van der Waals surface area contributed by atoms with Crippen molar-refractivity contribution in [2.75, 3.05) is 7.11 Å². The fourth-order valence-electron chi connectivity index (χ4n) is 3.76. The topological polar surface area (TPSA) is 58.6 Å². The van der Waals surface area contributed by atoms with Crippen molar-refractivity contribution in [2.45, 2.75) is 45.8 Å². The molecular weight excluding hydrogens is 340 g/mol. The van der Waals surface area contributed by atoms with Gasteiger partial charge in [0.25, 0.3) is 5.91 Å². The predicted molar refractivity (Wildman–Crippen MR) is 105 cm³/mol. The molecule has 0 aliphatic carbocycles. The summed E-state index contributed by atoms with van der Waals surface area (Å²) in [5.41, 5.74) is 4.05. The normalized spacial score (nSPS) is 18.6. The Balaban J connectivity index is 1.80. The maximum atomic E-state index is 13.2. The smallest absolute Gasteiger partial charge is 0.254 e. The first kappa shape index (κ1) is 19.0. The number of rotatable bonds is 4. The summed E-state index contributed by atoms with van der Waals surface area (Å²) >= 11 is 0. The molecule has 0 saturated carbocycles. The van der Waals surface area contributed by atoms with Crippen LogP contribution in [0.3, 0.4) is 0 Å². The molecule has 2 amide bonds. The highest BCUT2D eigenvalue weighted by atomic mass is 16.5. The van der Waals surface area contributed by atoms with E-state index in [9.17, 15) is 9.59 Å². The maximum Gasteiger partial charge on any atom is 0.254 e. The molecule has 1 aliphatic heterocycles. The van der Waals surface area contributed by atoms with E-state index in [2.05, 4.69) is 31.3 Å². The Kier molecular flexibility index (Phi) is 5.49. The lowest BCUT2D eigenvalue weighted by Crippen LogP contribution is -2.45. The minimum absolute atomic E-state index is 0.00112. The zero-order valence-electron chi connectivity index (χ0n) is 16.3. The molecule has 142 valence electrons. The molecule has 0 bridgehead atoms. The van der Waals surface area contributed by atoms with Crippen molar-refractivity contribution in [3.63, 3.8) is 0 Å². The number of hydrogen-bond donors (Lipinski definition) is 1. The van der Waals surface area contributed by atoms with Gasteiger partial charge in [-0.1, -0.05) is 18.2 Å². The lowest BCUT2D eigenvalue weighted by molar-refractivity contribution is -0.119. The molecule has 0 spiro atoms. The Morgan fingerprint density at radius 1 is 1.15 bits per heavy atom. The van der Waals surface area contributed by atoms with Crippen LogP contribution in [-0.2, 0) is 17.8 Å². The summed E-state index contributed by atoms with van der Waals surface area (Å²) in [6.45, 7) is 6.12. The Hall–Kier alpha value is -2.82.